The first kappa shape index (κ1) is 13.9. The summed E-state index contributed by atoms with van der Waals surface area (Å²) in [5, 5.41) is 0. The number of carbonyl (C=O) groups excluding carboxylic acids is 2. The SMILES string of the molecule is CC(=O)[C@]1(C)C[C@@H](F)CN1C(=O)OC(C)(C)C. The maximum absolute atomic E-state index is 13.4. The van der Waals surface area contributed by atoms with Gasteiger partial charge in [-0.2, -0.15) is 0 Å². The number of hydrogen-bond acceptors (Lipinski definition) is 3. The molecule has 0 saturated carbocycles. The molecule has 0 spiro atoms. The van der Waals surface area contributed by atoms with Crippen LogP contribution < -0.4 is 0 Å². The third-order valence-corrected chi connectivity index (χ3v) is 2.97. The molecule has 1 rings (SSSR count). The van der Waals surface area contributed by atoms with Crippen molar-refractivity contribution in [3.8, 4) is 0 Å². The highest BCUT2D eigenvalue weighted by atomic mass is 19.1. The smallest absolute Gasteiger partial charge is 0.411 e. The Bertz CT molecular complexity index is 337. The molecule has 2 atom stereocenters. The summed E-state index contributed by atoms with van der Waals surface area (Å²) >= 11 is 0. The molecule has 98 valence electrons. The van der Waals surface area contributed by atoms with Gasteiger partial charge in [0.05, 0.1) is 6.54 Å². The summed E-state index contributed by atoms with van der Waals surface area (Å²) in [6.07, 6.45) is -1.76. The predicted molar refractivity (Wildman–Crippen MR) is 61.5 cm³/mol. The lowest BCUT2D eigenvalue weighted by molar-refractivity contribution is -0.126. The number of nitrogens with zero attached hydrogens (tertiary/aromatic N) is 1. The Labute approximate surface area is 101 Å². The zero-order chi connectivity index (χ0) is 13.4. The fourth-order valence-corrected chi connectivity index (χ4v) is 1.93. The zero-order valence-electron chi connectivity index (χ0n) is 11.0. The summed E-state index contributed by atoms with van der Waals surface area (Å²) in [4.78, 5) is 24.7. The van der Waals surface area contributed by atoms with Crippen molar-refractivity contribution < 1.29 is 18.7 Å². The first-order valence-corrected chi connectivity index (χ1v) is 5.72. The predicted octanol–water partition coefficient (Wildman–Crippen LogP) is 2.31. The lowest BCUT2D eigenvalue weighted by atomic mass is 9.94. The van der Waals surface area contributed by atoms with Crippen LogP contribution in [0.3, 0.4) is 0 Å². The van der Waals surface area contributed by atoms with Crippen LogP contribution in [0.25, 0.3) is 0 Å². The first-order chi connectivity index (χ1) is 7.56. The van der Waals surface area contributed by atoms with Gasteiger partial charge in [-0.1, -0.05) is 0 Å². The number of hydrogen-bond donors (Lipinski definition) is 0. The van der Waals surface area contributed by atoms with Gasteiger partial charge in [0.1, 0.15) is 17.3 Å². The highest BCUT2D eigenvalue weighted by Crippen LogP contribution is 2.33. The van der Waals surface area contributed by atoms with Crippen LogP contribution in [0.1, 0.15) is 41.0 Å². The standard InChI is InChI=1S/C12H20FNO3/c1-8(15)12(5)6-9(13)7-14(12)10(16)17-11(2,3)4/h9H,6-7H2,1-5H3/t9-,12+/m1/s1. The Morgan fingerprint density at radius 3 is 2.35 bits per heavy atom. The molecule has 1 amide bonds. The number of ether oxygens (including phenoxy) is 1. The van der Waals surface area contributed by atoms with E-state index >= 15 is 0 Å². The summed E-state index contributed by atoms with van der Waals surface area (Å²) in [6, 6.07) is 0. The molecule has 5 heteroatoms. The molecule has 17 heavy (non-hydrogen) atoms. The Kier molecular flexibility index (Phi) is 3.50. The summed E-state index contributed by atoms with van der Waals surface area (Å²) in [5.41, 5.74) is -1.73. The van der Waals surface area contributed by atoms with Crippen LogP contribution in [0.2, 0.25) is 0 Å². The molecule has 0 radical (unpaired) electrons. The highest BCUT2D eigenvalue weighted by molar-refractivity contribution is 5.90. The largest absolute Gasteiger partial charge is 0.444 e. The van der Waals surface area contributed by atoms with Crippen molar-refractivity contribution in [3.63, 3.8) is 0 Å². The summed E-state index contributed by atoms with van der Waals surface area (Å²) in [5.74, 6) is -0.219. The Hall–Kier alpha value is -1.13. The van der Waals surface area contributed by atoms with Gasteiger partial charge < -0.3 is 4.74 Å². The van der Waals surface area contributed by atoms with Gasteiger partial charge in [0.2, 0.25) is 0 Å². The third kappa shape index (κ3) is 2.96. The number of carbonyl (C=O) groups is 2. The van der Waals surface area contributed by atoms with E-state index in [4.69, 9.17) is 4.74 Å². The van der Waals surface area contributed by atoms with Crippen LogP contribution >= 0.6 is 0 Å². The second-order valence-corrected chi connectivity index (χ2v) is 5.72. The molecule has 1 aliphatic rings. The van der Waals surface area contributed by atoms with E-state index in [0.29, 0.717) is 0 Å². The minimum Gasteiger partial charge on any atom is -0.444 e. The molecule has 0 aromatic heterocycles. The van der Waals surface area contributed by atoms with Gasteiger partial charge in [0, 0.05) is 6.42 Å². The van der Waals surface area contributed by atoms with Crippen molar-refractivity contribution >= 4 is 11.9 Å². The topological polar surface area (TPSA) is 46.6 Å². The van der Waals surface area contributed by atoms with Gasteiger partial charge in [0.25, 0.3) is 0 Å². The van der Waals surface area contributed by atoms with Gasteiger partial charge in [0.15, 0.2) is 5.78 Å². The van der Waals surface area contributed by atoms with E-state index in [0.717, 1.165) is 0 Å². The molecule has 0 bridgehead atoms. The number of rotatable bonds is 1. The Morgan fingerprint density at radius 2 is 1.94 bits per heavy atom. The maximum Gasteiger partial charge on any atom is 0.411 e. The number of alkyl halides is 1. The fraction of sp³-hybridized carbons (Fsp3) is 0.833. The molecule has 0 aromatic carbocycles. The van der Waals surface area contributed by atoms with Crippen LogP contribution in [-0.2, 0) is 9.53 Å². The van der Waals surface area contributed by atoms with Crippen molar-refractivity contribution in [2.24, 2.45) is 0 Å². The van der Waals surface area contributed by atoms with Crippen LogP contribution in [0.4, 0.5) is 9.18 Å². The van der Waals surface area contributed by atoms with Gasteiger partial charge >= 0.3 is 6.09 Å². The van der Waals surface area contributed by atoms with Gasteiger partial charge in [-0.15, -0.1) is 0 Å². The quantitative estimate of drug-likeness (QED) is 0.712. The molecule has 1 saturated heterocycles. The van der Waals surface area contributed by atoms with Crippen LogP contribution in [-0.4, -0.2) is 40.6 Å². The van der Waals surface area contributed by atoms with Gasteiger partial charge in [-0.25, -0.2) is 9.18 Å². The number of amides is 1. The lowest BCUT2D eigenvalue weighted by Gasteiger charge is -2.33. The number of Topliss-reactive ketones (excluding diaryl/α,β-unsaturated/α-hetero) is 1. The normalized spacial score (nSPS) is 29.3. The Balaban J connectivity index is 2.88. The van der Waals surface area contributed by atoms with E-state index < -0.39 is 23.4 Å². The van der Waals surface area contributed by atoms with Crippen molar-refractivity contribution in [2.75, 3.05) is 6.54 Å². The highest BCUT2D eigenvalue weighted by Gasteiger charge is 2.49. The van der Waals surface area contributed by atoms with Gasteiger partial charge in [-0.05, 0) is 34.6 Å². The van der Waals surface area contributed by atoms with E-state index in [-0.39, 0.29) is 18.7 Å². The van der Waals surface area contributed by atoms with Gasteiger partial charge in [-0.3, -0.25) is 9.69 Å². The molecule has 0 unspecified atom stereocenters. The van der Waals surface area contributed by atoms with E-state index in [1.165, 1.54) is 11.8 Å². The number of ketones is 1. The molecule has 0 aliphatic carbocycles. The zero-order valence-corrected chi connectivity index (χ0v) is 11.0. The minimum absolute atomic E-state index is 0.0432. The van der Waals surface area contributed by atoms with Crippen molar-refractivity contribution in [1.29, 1.82) is 0 Å². The molecule has 4 nitrogen and oxygen atoms in total. The monoisotopic (exact) mass is 245 g/mol. The molecule has 0 aromatic rings. The van der Waals surface area contributed by atoms with E-state index in [9.17, 15) is 14.0 Å². The van der Waals surface area contributed by atoms with Crippen LogP contribution in [0.15, 0.2) is 0 Å². The second-order valence-electron chi connectivity index (χ2n) is 5.72. The lowest BCUT2D eigenvalue weighted by Crippen LogP contribution is -2.51. The van der Waals surface area contributed by atoms with Crippen molar-refractivity contribution in [1.82, 2.24) is 4.90 Å². The van der Waals surface area contributed by atoms with Crippen molar-refractivity contribution in [2.45, 2.75) is 58.4 Å². The molecular weight excluding hydrogens is 225 g/mol. The first-order valence-electron chi connectivity index (χ1n) is 5.72. The average molecular weight is 245 g/mol. The third-order valence-electron chi connectivity index (χ3n) is 2.97. The minimum atomic E-state index is -1.17. The summed E-state index contributed by atoms with van der Waals surface area (Å²) in [7, 11) is 0. The molecule has 0 N–H and O–H groups in total. The van der Waals surface area contributed by atoms with Crippen LogP contribution in [0.5, 0.6) is 0 Å². The summed E-state index contributed by atoms with van der Waals surface area (Å²) in [6.45, 7) is 8.08. The second kappa shape index (κ2) is 4.27. The maximum atomic E-state index is 13.4. The fourth-order valence-electron chi connectivity index (χ4n) is 1.93. The number of halogens is 1. The molecule has 1 fully saturated rings. The average Bonchev–Trinajstić information content (AvgIpc) is 2.40. The molecule has 1 heterocycles. The van der Waals surface area contributed by atoms with E-state index in [2.05, 4.69) is 0 Å². The summed E-state index contributed by atoms with van der Waals surface area (Å²) < 4.78 is 18.6. The van der Waals surface area contributed by atoms with Crippen molar-refractivity contribution in [3.05, 3.63) is 0 Å². The number of likely N-dealkylation sites (tertiary alicyclic amines) is 1. The van der Waals surface area contributed by atoms with E-state index in [1.54, 1.807) is 27.7 Å². The van der Waals surface area contributed by atoms with E-state index in [1.807, 2.05) is 0 Å². The molecule has 1 aliphatic heterocycles. The van der Waals surface area contributed by atoms with Crippen LogP contribution in [0, 0.1) is 0 Å². The Morgan fingerprint density at radius 1 is 1.41 bits per heavy atom. The molecular formula is C12H20FNO3.